The van der Waals surface area contributed by atoms with Gasteiger partial charge < -0.3 is 13.9 Å². The first-order valence-corrected chi connectivity index (χ1v) is 11.7. The minimum atomic E-state index is -3.65. The van der Waals surface area contributed by atoms with Crippen LogP contribution in [0.4, 0.5) is 4.79 Å². The van der Waals surface area contributed by atoms with Crippen molar-refractivity contribution in [1.29, 1.82) is 0 Å². The predicted octanol–water partition coefficient (Wildman–Crippen LogP) is 4.63. The third kappa shape index (κ3) is 4.48. The largest absolute Gasteiger partial charge is 0.340 e. The van der Waals surface area contributed by atoms with Crippen molar-refractivity contribution in [3.05, 3.63) is 71.8 Å². The molecule has 160 valence electrons. The Morgan fingerprint density at radius 1 is 0.900 bits per heavy atom. The van der Waals surface area contributed by atoms with Crippen LogP contribution < -0.4 is 0 Å². The van der Waals surface area contributed by atoms with Crippen LogP contribution in [0.15, 0.2) is 60.7 Å². The number of amides is 3. The molecule has 1 saturated heterocycles. The number of likely N-dealkylation sites (N-methyl/N-ethyl adjacent to an activating group) is 1. The Morgan fingerprint density at radius 3 is 1.83 bits per heavy atom. The summed E-state index contributed by atoms with van der Waals surface area (Å²) in [7, 11) is -1.97. The first-order chi connectivity index (χ1) is 14.4. The van der Waals surface area contributed by atoms with E-state index in [0.29, 0.717) is 0 Å². The molecule has 7 nitrogen and oxygen atoms in total. The number of benzene rings is 2. The number of carbonyl (C=O) groups is 2. The van der Waals surface area contributed by atoms with E-state index < -0.39 is 31.7 Å². The van der Waals surface area contributed by atoms with Gasteiger partial charge in [0.05, 0.1) is 25.3 Å². The maximum Gasteiger partial charge on any atom is 0.340 e. The lowest BCUT2D eigenvalue weighted by atomic mass is 9.93. The molecule has 0 aromatic heterocycles. The van der Waals surface area contributed by atoms with E-state index in [0.717, 1.165) is 11.1 Å². The first kappa shape index (κ1) is 22.2. The van der Waals surface area contributed by atoms with Crippen molar-refractivity contribution in [2.24, 2.45) is 0 Å². The summed E-state index contributed by atoms with van der Waals surface area (Å²) >= 11 is 0. The third-order valence-electron chi connectivity index (χ3n) is 5.03. The van der Waals surface area contributed by atoms with E-state index in [9.17, 15) is 14.2 Å². The summed E-state index contributed by atoms with van der Waals surface area (Å²) in [5.41, 5.74) is 1.73. The average Bonchev–Trinajstić information content (AvgIpc) is 3.00. The summed E-state index contributed by atoms with van der Waals surface area (Å²) in [5, 5.41) is 0. The molecule has 1 heterocycles. The van der Waals surface area contributed by atoms with Gasteiger partial charge >= 0.3 is 13.6 Å². The number of carbonyl (C=O) groups excluding carboxylic acids is 2. The molecule has 2 atom stereocenters. The van der Waals surface area contributed by atoms with Crippen LogP contribution in [0.25, 0.3) is 0 Å². The molecule has 8 heteroatoms. The lowest BCUT2D eigenvalue weighted by Crippen LogP contribution is -2.38. The van der Waals surface area contributed by atoms with E-state index in [1.165, 1.54) is 4.90 Å². The van der Waals surface area contributed by atoms with E-state index in [1.807, 2.05) is 60.7 Å². The van der Waals surface area contributed by atoms with Gasteiger partial charge in [-0.15, -0.1) is 0 Å². The van der Waals surface area contributed by atoms with Crippen LogP contribution >= 0.6 is 7.60 Å². The second kappa shape index (κ2) is 9.56. The van der Waals surface area contributed by atoms with Gasteiger partial charge in [-0.05, 0) is 25.0 Å². The summed E-state index contributed by atoms with van der Waals surface area (Å²) in [4.78, 5) is 29.2. The van der Waals surface area contributed by atoms with Crippen LogP contribution in [0.2, 0.25) is 0 Å². The fourth-order valence-electron chi connectivity index (χ4n) is 3.82. The van der Waals surface area contributed by atoms with Gasteiger partial charge in [-0.25, -0.2) is 4.79 Å². The molecule has 30 heavy (non-hydrogen) atoms. The number of hydrogen-bond acceptors (Lipinski definition) is 5. The molecule has 1 aliphatic heterocycles. The van der Waals surface area contributed by atoms with Crippen LogP contribution in [0.3, 0.4) is 0 Å². The molecule has 0 radical (unpaired) electrons. The average molecular weight is 430 g/mol. The maximum atomic E-state index is 13.3. The second-order valence-electron chi connectivity index (χ2n) is 6.97. The highest BCUT2D eigenvalue weighted by molar-refractivity contribution is 7.54. The molecule has 1 aliphatic rings. The molecular weight excluding hydrogens is 403 g/mol. The van der Waals surface area contributed by atoms with Gasteiger partial charge in [-0.1, -0.05) is 60.7 Å². The molecule has 0 aliphatic carbocycles. The fourth-order valence-corrected chi connectivity index (χ4v) is 5.35. The standard InChI is InChI=1S/C22H27N2O5P/c1-4-28-30(27,29-5-2)16-19(25)24-21(18-14-10-7-11-15-18)20(23(3)22(24)26)17-12-8-6-9-13-17/h6-15,20-21H,4-5,16H2,1-3H3/t20-,21-/m0/s1. The Bertz CT molecular complexity index is 912. The Labute approximate surface area is 177 Å². The number of hydrogen-bond donors (Lipinski definition) is 0. The minimum absolute atomic E-state index is 0.146. The molecule has 0 spiro atoms. The van der Waals surface area contributed by atoms with Crippen LogP contribution in [0.1, 0.15) is 37.1 Å². The number of imide groups is 1. The van der Waals surface area contributed by atoms with Crippen LogP contribution in [0.5, 0.6) is 0 Å². The number of urea groups is 1. The van der Waals surface area contributed by atoms with Crippen molar-refractivity contribution in [1.82, 2.24) is 9.80 Å². The smallest absolute Gasteiger partial charge is 0.318 e. The molecule has 0 saturated carbocycles. The van der Waals surface area contributed by atoms with Gasteiger partial charge in [0.1, 0.15) is 6.16 Å². The molecule has 2 aromatic rings. The molecule has 3 amide bonds. The molecule has 2 aromatic carbocycles. The van der Waals surface area contributed by atoms with Crippen LogP contribution in [-0.4, -0.2) is 48.2 Å². The number of rotatable bonds is 8. The van der Waals surface area contributed by atoms with Gasteiger partial charge in [0, 0.05) is 7.05 Å². The minimum Gasteiger partial charge on any atom is -0.318 e. The maximum absolute atomic E-state index is 13.3. The van der Waals surface area contributed by atoms with Crippen molar-refractivity contribution in [2.45, 2.75) is 25.9 Å². The zero-order chi connectivity index (χ0) is 21.7. The fraction of sp³-hybridized carbons (Fsp3) is 0.364. The summed E-state index contributed by atoms with van der Waals surface area (Å²) in [6, 6.07) is 17.6. The van der Waals surface area contributed by atoms with E-state index in [-0.39, 0.29) is 19.3 Å². The lowest BCUT2D eigenvalue weighted by molar-refractivity contribution is -0.127. The molecule has 0 unspecified atom stereocenters. The van der Waals surface area contributed by atoms with Crippen LogP contribution in [-0.2, 0) is 18.4 Å². The van der Waals surface area contributed by atoms with E-state index in [1.54, 1.807) is 25.8 Å². The predicted molar refractivity (Wildman–Crippen MR) is 114 cm³/mol. The van der Waals surface area contributed by atoms with Gasteiger partial charge in [0.2, 0.25) is 5.91 Å². The van der Waals surface area contributed by atoms with Gasteiger partial charge in [-0.2, -0.15) is 0 Å². The van der Waals surface area contributed by atoms with E-state index in [2.05, 4.69) is 0 Å². The second-order valence-corrected chi connectivity index (χ2v) is 9.03. The Balaban J connectivity index is 2.02. The Hall–Kier alpha value is -2.47. The zero-order valence-corrected chi connectivity index (χ0v) is 18.3. The third-order valence-corrected chi connectivity index (χ3v) is 6.99. The van der Waals surface area contributed by atoms with Crippen molar-refractivity contribution in [3.63, 3.8) is 0 Å². The topological polar surface area (TPSA) is 76.2 Å². The monoisotopic (exact) mass is 430 g/mol. The van der Waals surface area contributed by atoms with Crippen LogP contribution in [0, 0.1) is 0 Å². The SMILES string of the molecule is CCOP(=O)(CC(=O)N1C(=O)N(C)[C@@H](c2ccccc2)[C@@H]1c1ccccc1)OCC. The van der Waals surface area contributed by atoms with Gasteiger partial charge in [-0.3, -0.25) is 14.3 Å². The molecule has 0 bridgehead atoms. The van der Waals surface area contributed by atoms with Crippen molar-refractivity contribution in [2.75, 3.05) is 26.4 Å². The normalized spacial score (nSPS) is 19.4. The van der Waals surface area contributed by atoms with Gasteiger partial charge in [0.15, 0.2) is 0 Å². The summed E-state index contributed by atoms with van der Waals surface area (Å²) in [5.74, 6) is -0.579. The highest BCUT2D eigenvalue weighted by atomic mass is 31.2. The van der Waals surface area contributed by atoms with E-state index in [4.69, 9.17) is 9.05 Å². The number of nitrogens with zero attached hydrogens (tertiary/aromatic N) is 2. The van der Waals surface area contributed by atoms with Crippen molar-refractivity contribution < 1.29 is 23.2 Å². The summed E-state index contributed by atoms with van der Waals surface area (Å²) in [6.45, 7) is 3.66. The Morgan fingerprint density at radius 2 is 1.37 bits per heavy atom. The van der Waals surface area contributed by atoms with Crippen molar-refractivity contribution >= 4 is 19.5 Å². The first-order valence-electron chi connectivity index (χ1n) is 9.98. The lowest BCUT2D eigenvalue weighted by Gasteiger charge is -2.27. The molecular formula is C22H27N2O5P. The van der Waals surface area contributed by atoms with Crippen molar-refractivity contribution in [3.8, 4) is 0 Å². The van der Waals surface area contributed by atoms with Gasteiger partial charge in [0.25, 0.3) is 0 Å². The molecule has 0 N–H and O–H groups in total. The Kier molecular flexibility index (Phi) is 7.08. The van der Waals surface area contributed by atoms with E-state index >= 15 is 0 Å². The highest BCUT2D eigenvalue weighted by Gasteiger charge is 2.49. The molecule has 3 rings (SSSR count). The highest BCUT2D eigenvalue weighted by Crippen LogP contribution is 2.50. The summed E-state index contributed by atoms with van der Waals surface area (Å²) in [6.07, 6.45) is -0.487. The molecule has 1 fully saturated rings. The zero-order valence-electron chi connectivity index (χ0n) is 17.4. The summed E-state index contributed by atoms with van der Waals surface area (Å²) < 4.78 is 23.5. The quantitative estimate of drug-likeness (QED) is 0.571.